The topological polar surface area (TPSA) is 0 Å². The van der Waals surface area contributed by atoms with Crippen LogP contribution in [0.2, 0.25) is 0 Å². The van der Waals surface area contributed by atoms with Gasteiger partial charge in [-0.3, -0.25) is 0 Å². The van der Waals surface area contributed by atoms with Gasteiger partial charge in [0.05, 0.1) is 25.6 Å². The predicted molar refractivity (Wildman–Crippen MR) is 150 cm³/mol. The lowest BCUT2D eigenvalue weighted by Gasteiger charge is -2.58. The zero-order valence-electron chi connectivity index (χ0n) is 23.8. The second-order valence-electron chi connectivity index (χ2n) is 14.5. The van der Waals surface area contributed by atoms with Gasteiger partial charge in [-0.25, -0.2) is 0 Å². The van der Waals surface area contributed by atoms with Crippen molar-refractivity contribution in [1.82, 2.24) is 0 Å². The van der Waals surface area contributed by atoms with Crippen LogP contribution in [-0.4, -0.2) is 28.3 Å². The van der Waals surface area contributed by atoms with E-state index in [9.17, 15) is 0 Å². The van der Waals surface area contributed by atoms with E-state index in [2.05, 4.69) is 89.7 Å². The number of rotatable bonds is 5. The van der Waals surface area contributed by atoms with E-state index in [-0.39, 0.29) is 7.61 Å². The predicted octanol–water partition coefficient (Wildman–Crippen LogP) is 10.5. The quantitative estimate of drug-likeness (QED) is 0.351. The lowest BCUT2D eigenvalue weighted by molar-refractivity contribution is 0.222. The Morgan fingerprint density at radius 1 is 0.645 bits per heavy atom. The normalized spacial score (nSPS) is 35.6. The molecule has 0 saturated heterocycles. The highest BCUT2D eigenvalue weighted by molar-refractivity contribution is 8.40. The summed E-state index contributed by atoms with van der Waals surface area (Å²) in [6.07, 6.45) is 8.96. The average molecular weight is 470 g/mol. The molecule has 6 unspecified atom stereocenters. The first-order valence-electron chi connectivity index (χ1n) is 13.7. The molecule has 2 saturated carbocycles. The summed E-state index contributed by atoms with van der Waals surface area (Å²) < 4.78 is 0. The molecular weight excluding hydrogens is 410 g/mol. The molecule has 0 heterocycles. The third kappa shape index (κ3) is 6.11. The monoisotopic (exact) mass is 469 g/mol. The van der Waals surface area contributed by atoms with Gasteiger partial charge in [-0.2, -0.15) is 0 Å². The molecule has 0 aliphatic heterocycles. The van der Waals surface area contributed by atoms with Crippen molar-refractivity contribution in [3.8, 4) is 0 Å². The lowest BCUT2D eigenvalue weighted by atomic mass is 9.76. The van der Waals surface area contributed by atoms with Gasteiger partial charge in [-0.15, -0.1) is 0 Å². The van der Waals surface area contributed by atoms with Crippen LogP contribution < -0.4 is 0 Å². The number of hydrogen-bond donors (Lipinski definition) is 0. The third-order valence-electron chi connectivity index (χ3n) is 9.02. The summed E-state index contributed by atoms with van der Waals surface area (Å²) in [5, 5.41) is 0.862. The summed E-state index contributed by atoms with van der Waals surface area (Å²) in [6, 6.07) is 0. The fourth-order valence-electron chi connectivity index (χ4n) is 8.35. The Labute approximate surface area is 199 Å². The molecule has 184 valence electrons. The van der Waals surface area contributed by atoms with Gasteiger partial charge in [-0.1, -0.05) is 95.9 Å². The minimum Gasteiger partial charge on any atom is -0.0624 e. The summed E-state index contributed by atoms with van der Waals surface area (Å²) in [5.41, 5.74) is 2.00. The Kier molecular flexibility index (Phi) is 9.27. The zero-order chi connectivity index (χ0) is 23.9. The molecule has 0 aromatic rings. The molecule has 0 spiro atoms. The van der Waals surface area contributed by atoms with Gasteiger partial charge in [0.25, 0.3) is 0 Å². The highest BCUT2D eigenvalue weighted by Gasteiger charge is 2.65. The molecule has 0 aromatic heterocycles. The molecule has 0 bridgehead atoms. The molecule has 0 radical (unpaired) electrons. The molecule has 0 amide bonds. The van der Waals surface area contributed by atoms with Crippen LogP contribution in [0.4, 0.5) is 0 Å². The Balaban J connectivity index is 2.76. The summed E-state index contributed by atoms with van der Waals surface area (Å²) in [7, 11) is -0.0637. The highest BCUT2D eigenvalue weighted by Crippen LogP contribution is 2.97. The van der Waals surface area contributed by atoms with Crippen molar-refractivity contribution in [2.24, 2.45) is 35.5 Å². The van der Waals surface area contributed by atoms with E-state index in [4.69, 9.17) is 0 Å². The first-order chi connectivity index (χ1) is 14.0. The van der Waals surface area contributed by atoms with Crippen LogP contribution in [0.3, 0.4) is 0 Å². The van der Waals surface area contributed by atoms with Crippen molar-refractivity contribution in [2.75, 3.05) is 6.66 Å². The van der Waals surface area contributed by atoms with E-state index in [1.807, 2.05) is 0 Å². The molecule has 0 aromatic carbocycles. The van der Waals surface area contributed by atoms with Crippen molar-refractivity contribution in [2.45, 2.75) is 143 Å². The average Bonchev–Trinajstić information content (AvgIpc) is 2.58. The number of hydrogen-bond acceptors (Lipinski definition) is 0. The van der Waals surface area contributed by atoms with Gasteiger partial charge in [-0.05, 0) is 61.2 Å². The highest BCUT2D eigenvalue weighted by atomic mass is 32.1. The van der Waals surface area contributed by atoms with Gasteiger partial charge >= 0.3 is 0 Å². The summed E-state index contributed by atoms with van der Waals surface area (Å²) in [5.74, 6) is 5.44. The molecule has 31 heavy (non-hydrogen) atoms. The van der Waals surface area contributed by atoms with E-state index in [1.54, 1.807) is 0 Å². The minimum absolute atomic E-state index is 0.0637. The molecule has 0 N–H and O–H groups in total. The summed E-state index contributed by atoms with van der Waals surface area (Å²) >= 11 is 0. The maximum absolute atomic E-state index is 2.96. The van der Waals surface area contributed by atoms with Crippen molar-refractivity contribution in [3.63, 3.8) is 0 Å². The van der Waals surface area contributed by atoms with Crippen molar-refractivity contribution in [1.29, 1.82) is 0 Å². The van der Waals surface area contributed by atoms with Gasteiger partial charge in [0, 0.05) is 17.3 Å². The fourth-order valence-corrected chi connectivity index (χ4v) is 29.3. The Morgan fingerprint density at radius 3 is 1.23 bits per heavy atom. The van der Waals surface area contributed by atoms with Crippen molar-refractivity contribution in [3.05, 3.63) is 0 Å². The Hall–Kier alpha value is 0.860. The van der Waals surface area contributed by atoms with Crippen LogP contribution in [0, 0.1) is 35.5 Å². The zero-order valence-corrected chi connectivity index (χ0v) is 25.5. The summed E-state index contributed by atoms with van der Waals surface area (Å²) in [4.78, 5) is 0. The SMILES string of the molecule is CC1CCC(C(C)C)C([P+](C)(C2CC(C)CCC2C(C)C)P(C(C)(C)C)C(C)(C)C)C1. The van der Waals surface area contributed by atoms with Gasteiger partial charge in [0.2, 0.25) is 0 Å². The molecule has 2 heteroatoms. The molecular formula is C29H59P2+. The largest absolute Gasteiger partial charge is 0.0753 e. The molecule has 2 rings (SSSR count). The maximum atomic E-state index is 2.96. The smallest absolute Gasteiger partial charge is 0.0624 e. The third-order valence-corrected chi connectivity index (χ3v) is 24.3. The summed E-state index contributed by atoms with van der Waals surface area (Å²) in [6.45, 7) is 32.9. The van der Waals surface area contributed by atoms with E-state index < -0.39 is 6.95 Å². The molecule has 2 fully saturated rings. The molecule has 0 nitrogen and oxygen atoms in total. The van der Waals surface area contributed by atoms with Crippen LogP contribution in [0.25, 0.3) is 0 Å². The Morgan fingerprint density at radius 2 is 0.968 bits per heavy atom. The van der Waals surface area contributed by atoms with E-state index in [0.29, 0.717) is 10.3 Å². The van der Waals surface area contributed by atoms with Crippen LogP contribution >= 0.6 is 14.6 Å². The van der Waals surface area contributed by atoms with Gasteiger partial charge in [0.15, 0.2) is 0 Å². The lowest BCUT2D eigenvalue weighted by Crippen LogP contribution is -2.44. The van der Waals surface area contributed by atoms with E-state index in [1.165, 1.54) is 38.5 Å². The molecule has 2 aliphatic carbocycles. The van der Waals surface area contributed by atoms with Crippen LogP contribution in [-0.2, 0) is 0 Å². The standard InChI is InChI=1S/C29H59P2/c1-20(2)24-16-14-22(5)18-26(24)31(13,30(28(7,8)9)29(10,11)12)27-19-23(6)15-17-25(27)21(3)4/h20-27H,14-19H2,1-13H3/q+1. The van der Waals surface area contributed by atoms with E-state index in [0.717, 1.165) is 46.8 Å². The van der Waals surface area contributed by atoms with Gasteiger partial charge in [0.1, 0.15) is 0 Å². The minimum atomic E-state index is -1.20. The van der Waals surface area contributed by atoms with Crippen LogP contribution in [0.5, 0.6) is 0 Å². The first-order valence-corrected chi connectivity index (χ1v) is 18.1. The van der Waals surface area contributed by atoms with E-state index >= 15 is 0 Å². The maximum Gasteiger partial charge on any atom is 0.0753 e. The van der Waals surface area contributed by atoms with Crippen molar-refractivity contribution < 1.29 is 0 Å². The van der Waals surface area contributed by atoms with Crippen LogP contribution in [0.15, 0.2) is 0 Å². The van der Waals surface area contributed by atoms with Gasteiger partial charge < -0.3 is 0 Å². The van der Waals surface area contributed by atoms with Crippen LogP contribution in [0.1, 0.15) is 122 Å². The fraction of sp³-hybridized carbons (Fsp3) is 1.00. The second-order valence-corrected chi connectivity index (χ2v) is 25.1. The first kappa shape index (κ1) is 28.1. The van der Waals surface area contributed by atoms with Crippen molar-refractivity contribution >= 4 is 14.6 Å². The Bertz CT molecular complexity index is 518. The second kappa shape index (κ2) is 10.2. The molecule has 2 aliphatic rings. The molecule has 6 atom stereocenters.